The molecule has 0 bridgehead atoms. The standard InChI is InChI=1S/C25H25N3O3/c1-15-11-22-23(12-16(15)2)28(25(30)18(4)27-22)14-19-6-8-20(9-7-19)24(29)26-13-21-10-5-17(3)31-21/h5-12H,13-14H2,1-4H3,(H,26,29). The molecule has 158 valence electrons. The lowest BCUT2D eigenvalue weighted by Gasteiger charge is -2.13. The molecule has 0 radical (unpaired) electrons. The molecule has 4 rings (SSSR count). The van der Waals surface area contributed by atoms with Gasteiger partial charge in [0, 0.05) is 5.56 Å². The zero-order valence-corrected chi connectivity index (χ0v) is 18.2. The van der Waals surface area contributed by atoms with Gasteiger partial charge in [-0.2, -0.15) is 0 Å². The largest absolute Gasteiger partial charge is 0.465 e. The minimum Gasteiger partial charge on any atom is -0.465 e. The molecule has 0 atom stereocenters. The van der Waals surface area contributed by atoms with E-state index in [-0.39, 0.29) is 11.5 Å². The Bertz CT molecular complexity index is 1330. The van der Waals surface area contributed by atoms with Crippen molar-refractivity contribution in [1.82, 2.24) is 14.9 Å². The van der Waals surface area contributed by atoms with Crippen LogP contribution in [0, 0.1) is 27.7 Å². The third-order valence-electron chi connectivity index (χ3n) is 5.50. The van der Waals surface area contributed by atoms with E-state index >= 15 is 0 Å². The first-order chi connectivity index (χ1) is 14.8. The summed E-state index contributed by atoms with van der Waals surface area (Å²) in [5.41, 5.74) is 5.74. The van der Waals surface area contributed by atoms with Gasteiger partial charge in [-0.05, 0) is 80.8 Å². The average molecular weight is 415 g/mol. The van der Waals surface area contributed by atoms with Crippen molar-refractivity contribution in [2.45, 2.75) is 40.8 Å². The first-order valence-corrected chi connectivity index (χ1v) is 10.2. The van der Waals surface area contributed by atoms with Crippen LogP contribution in [0.2, 0.25) is 0 Å². The molecule has 0 saturated carbocycles. The summed E-state index contributed by atoms with van der Waals surface area (Å²) in [6.45, 7) is 8.42. The van der Waals surface area contributed by atoms with Crippen molar-refractivity contribution in [3.63, 3.8) is 0 Å². The summed E-state index contributed by atoms with van der Waals surface area (Å²) >= 11 is 0. The van der Waals surface area contributed by atoms with Gasteiger partial charge in [-0.15, -0.1) is 0 Å². The Balaban J connectivity index is 1.56. The van der Waals surface area contributed by atoms with Crippen LogP contribution in [0.5, 0.6) is 0 Å². The molecule has 1 amide bonds. The molecule has 2 heterocycles. The van der Waals surface area contributed by atoms with Crippen molar-refractivity contribution < 1.29 is 9.21 Å². The van der Waals surface area contributed by atoms with Gasteiger partial charge in [-0.1, -0.05) is 12.1 Å². The summed E-state index contributed by atoms with van der Waals surface area (Å²) in [6.07, 6.45) is 0. The molecule has 1 N–H and O–H groups in total. The molecule has 31 heavy (non-hydrogen) atoms. The van der Waals surface area contributed by atoms with Crippen molar-refractivity contribution in [2.24, 2.45) is 0 Å². The molecular weight excluding hydrogens is 390 g/mol. The van der Waals surface area contributed by atoms with Crippen molar-refractivity contribution in [3.8, 4) is 0 Å². The number of carbonyl (C=O) groups is 1. The van der Waals surface area contributed by atoms with Crippen LogP contribution in [-0.2, 0) is 13.1 Å². The molecular formula is C25H25N3O3. The van der Waals surface area contributed by atoms with E-state index in [0.717, 1.165) is 33.5 Å². The molecule has 6 heteroatoms. The van der Waals surface area contributed by atoms with Crippen molar-refractivity contribution in [3.05, 3.63) is 98.4 Å². The Morgan fingerprint density at radius 1 is 1.00 bits per heavy atom. The number of aryl methyl sites for hydroxylation is 4. The van der Waals surface area contributed by atoms with Gasteiger partial charge in [-0.3, -0.25) is 9.59 Å². The highest BCUT2D eigenvalue weighted by Crippen LogP contribution is 2.18. The normalized spacial score (nSPS) is 11.1. The van der Waals surface area contributed by atoms with Crippen LogP contribution < -0.4 is 10.9 Å². The molecule has 0 saturated heterocycles. The highest BCUT2D eigenvalue weighted by atomic mass is 16.3. The van der Waals surface area contributed by atoms with Gasteiger partial charge in [0.05, 0.1) is 24.1 Å². The van der Waals surface area contributed by atoms with E-state index in [1.54, 1.807) is 23.6 Å². The van der Waals surface area contributed by atoms with Crippen LogP contribution in [0.3, 0.4) is 0 Å². The predicted octanol–water partition coefficient (Wildman–Crippen LogP) is 4.20. The number of amides is 1. The number of aromatic nitrogens is 2. The Kier molecular flexibility index (Phi) is 5.46. The fraction of sp³-hybridized carbons (Fsp3) is 0.240. The van der Waals surface area contributed by atoms with Gasteiger partial charge in [-0.25, -0.2) is 4.98 Å². The minimum atomic E-state index is -0.172. The van der Waals surface area contributed by atoms with E-state index in [1.807, 2.05) is 57.2 Å². The first-order valence-electron chi connectivity index (χ1n) is 10.2. The molecule has 6 nitrogen and oxygen atoms in total. The quantitative estimate of drug-likeness (QED) is 0.530. The maximum Gasteiger partial charge on any atom is 0.272 e. The molecule has 0 spiro atoms. The highest BCUT2D eigenvalue weighted by molar-refractivity contribution is 5.94. The summed E-state index contributed by atoms with van der Waals surface area (Å²) in [5.74, 6) is 1.36. The van der Waals surface area contributed by atoms with E-state index in [4.69, 9.17) is 4.42 Å². The Hall–Kier alpha value is -3.67. The van der Waals surface area contributed by atoms with Crippen LogP contribution in [-0.4, -0.2) is 15.5 Å². The maximum absolute atomic E-state index is 12.8. The number of benzene rings is 2. The number of carbonyl (C=O) groups excluding carboxylic acids is 1. The third-order valence-corrected chi connectivity index (χ3v) is 5.50. The molecule has 0 aliphatic rings. The fourth-order valence-corrected chi connectivity index (χ4v) is 3.58. The number of rotatable bonds is 5. The lowest BCUT2D eigenvalue weighted by Crippen LogP contribution is -2.25. The highest BCUT2D eigenvalue weighted by Gasteiger charge is 2.11. The summed E-state index contributed by atoms with van der Waals surface area (Å²) in [5, 5.41) is 2.85. The maximum atomic E-state index is 12.8. The number of nitrogens with zero attached hydrogens (tertiary/aromatic N) is 2. The van der Waals surface area contributed by atoms with E-state index in [0.29, 0.717) is 30.1 Å². The molecule has 0 fully saturated rings. The lowest BCUT2D eigenvalue weighted by molar-refractivity contribution is 0.0948. The summed E-state index contributed by atoms with van der Waals surface area (Å²) in [4.78, 5) is 29.7. The van der Waals surface area contributed by atoms with Gasteiger partial charge in [0.25, 0.3) is 11.5 Å². The van der Waals surface area contributed by atoms with Crippen LogP contribution in [0.1, 0.15) is 44.3 Å². The molecule has 0 aliphatic heterocycles. The zero-order chi connectivity index (χ0) is 22.1. The van der Waals surface area contributed by atoms with E-state index < -0.39 is 0 Å². The van der Waals surface area contributed by atoms with E-state index in [2.05, 4.69) is 10.3 Å². The van der Waals surface area contributed by atoms with Crippen molar-refractivity contribution >= 4 is 16.9 Å². The predicted molar refractivity (Wildman–Crippen MR) is 120 cm³/mol. The summed E-state index contributed by atoms with van der Waals surface area (Å²) in [6, 6.07) is 15.0. The van der Waals surface area contributed by atoms with Crippen LogP contribution >= 0.6 is 0 Å². The van der Waals surface area contributed by atoms with Crippen LogP contribution in [0.15, 0.2) is 57.7 Å². The Morgan fingerprint density at radius 3 is 2.39 bits per heavy atom. The first kappa shape index (κ1) is 20.6. The molecule has 4 aromatic rings. The molecule has 0 aliphatic carbocycles. The topological polar surface area (TPSA) is 77.1 Å². The molecule has 0 unspecified atom stereocenters. The second-order valence-corrected chi connectivity index (χ2v) is 7.91. The number of hydrogen-bond acceptors (Lipinski definition) is 4. The summed E-state index contributed by atoms with van der Waals surface area (Å²) < 4.78 is 7.22. The zero-order valence-electron chi connectivity index (χ0n) is 18.2. The molecule has 2 aromatic carbocycles. The SMILES string of the molecule is Cc1ccc(CNC(=O)c2ccc(Cn3c(=O)c(C)nc4cc(C)c(C)cc43)cc2)o1. The number of nitrogens with one attached hydrogen (secondary N) is 1. The van der Waals surface area contributed by atoms with E-state index in [1.165, 1.54) is 0 Å². The van der Waals surface area contributed by atoms with Crippen molar-refractivity contribution in [2.75, 3.05) is 0 Å². The second kappa shape index (κ2) is 8.22. The smallest absolute Gasteiger partial charge is 0.272 e. The lowest BCUT2D eigenvalue weighted by atomic mass is 10.1. The van der Waals surface area contributed by atoms with Gasteiger partial charge >= 0.3 is 0 Å². The average Bonchev–Trinajstić information content (AvgIpc) is 3.17. The monoisotopic (exact) mass is 415 g/mol. The van der Waals surface area contributed by atoms with Crippen LogP contribution in [0.25, 0.3) is 11.0 Å². The van der Waals surface area contributed by atoms with Crippen LogP contribution in [0.4, 0.5) is 0 Å². The van der Waals surface area contributed by atoms with Crippen molar-refractivity contribution in [1.29, 1.82) is 0 Å². The Labute approximate surface area is 180 Å². The molecule has 2 aromatic heterocycles. The van der Waals surface area contributed by atoms with E-state index in [9.17, 15) is 9.59 Å². The fourth-order valence-electron chi connectivity index (χ4n) is 3.58. The summed E-state index contributed by atoms with van der Waals surface area (Å²) in [7, 11) is 0. The number of hydrogen-bond donors (Lipinski definition) is 1. The van der Waals surface area contributed by atoms with Gasteiger partial charge in [0.2, 0.25) is 0 Å². The second-order valence-electron chi connectivity index (χ2n) is 7.91. The van der Waals surface area contributed by atoms with Gasteiger partial charge in [0.1, 0.15) is 17.2 Å². The van der Waals surface area contributed by atoms with Gasteiger partial charge < -0.3 is 14.3 Å². The number of fused-ring (bicyclic) bond motifs is 1. The minimum absolute atomic E-state index is 0.105. The van der Waals surface area contributed by atoms with Gasteiger partial charge in [0.15, 0.2) is 0 Å². The number of furan rings is 1. The third kappa shape index (κ3) is 4.28. The Morgan fingerprint density at radius 2 is 1.71 bits per heavy atom.